The molecule has 212 valence electrons. The van der Waals surface area contributed by atoms with Crippen LogP contribution in [-0.2, 0) is 18.8 Å². The molecule has 1 saturated carbocycles. The lowest BCUT2D eigenvalue weighted by atomic mass is 9.94. The average molecular weight is 564 g/mol. The largest absolute Gasteiger partial charge is 0.474 e. The number of carbonyl (C=O) groups excluding carboxylic acids is 1. The van der Waals surface area contributed by atoms with Crippen LogP contribution >= 0.6 is 0 Å². The fourth-order valence-corrected chi connectivity index (χ4v) is 5.24. The minimum atomic E-state index is -4.42. The lowest BCUT2D eigenvalue weighted by Crippen LogP contribution is -2.34. The maximum absolute atomic E-state index is 13.3. The third kappa shape index (κ3) is 5.26. The zero-order chi connectivity index (χ0) is 29.1. The van der Waals surface area contributed by atoms with Gasteiger partial charge in [0.1, 0.15) is 17.5 Å². The predicted molar refractivity (Wildman–Crippen MR) is 143 cm³/mol. The van der Waals surface area contributed by atoms with Crippen LogP contribution in [0.1, 0.15) is 35.5 Å². The number of piperidine rings is 1. The molecule has 41 heavy (non-hydrogen) atoms. The summed E-state index contributed by atoms with van der Waals surface area (Å²) in [4.78, 5) is 28.1. The van der Waals surface area contributed by atoms with Gasteiger partial charge in [0.2, 0.25) is 5.88 Å². The van der Waals surface area contributed by atoms with Crippen LogP contribution in [0.5, 0.6) is 5.88 Å². The molecule has 4 aromatic rings. The van der Waals surface area contributed by atoms with Crippen molar-refractivity contribution < 1.29 is 22.7 Å². The summed E-state index contributed by atoms with van der Waals surface area (Å²) in [5.41, 5.74) is 7.63. The summed E-state index contributed by atoms with van der Waals surface area (Å²) in [6.07, 6.45) is -1.30. The Kier molecular flexibility index (Phi) is 6.33. The summed E-state index contributed by atoms with van der Waals surface area (Å²) in [7, 11) is 1.72. The summed E-state index contributed by atoms with van der Waals surface area (Å²) in [6, 6.07) is 11.8. The van der Waals surface area contributed by atoms with Crippen LogP contribution in [0.2, 0.25) is 0 Å². The molecule has 2 fully saturated rings. The molecule has 2 N–H and O–H groups in total. The van der Waals surface area contributed by atoms with Gasteiger partial charge in [0, 0.05) is 67.6 Å². The molecule has 1 aliphatic heterocycles. The van der Waals surface area contributed by atoms with E-state index in [4.69, 9.17) is 10.5 Å². The summed E-state index contributed by atoms with van der Waals surface area (Å²) < 4.78 is 47.0. The van der Waals surface area contributed by atoms with Crippen LogP contribution in [0.4, 0.5) is 13.2 Å². The minimum Gasteiger partial charge on any atom is -0.474 e. The van der Waals surface area contributed by atoms with Crippen LogP contribution < -0.4 is 10.5 Å². The first kappa shape index (κ1) is 26.9. The van der Waals surface area contributed by atoms with Gasteiger partial charge in [-0.2, -0.15) is 18.3 Å². The number of benzene rings is 1. The SMILES string of the molecule is Cn1nc(-c2ncccn2)cc1C(=O)N1CC2C(C1)C2Oc1cc(C(C)(C)N)cc(-c2ccc(C(F)(F)F)cc2)n1. The normalized spacial score (nSPS) is 20.2. The van der Waals surface area contributed by atoms with Crippen molar-refractivity contribution in [3.63, 3.8) is 0 Å². The van der Waals surface area contributed by atoms with E-state index in [0.717, 1.165) is 17.7 Å². The van der Waals surface area contributed by atoms with E-state index in [-0.39, 0.29) is 23.8 Å². The van der Waals surface area contributed by atoms with Crippen LogP contribution in [0, 0.1) is 11.8 Å². The molecule has 9 nitrogen and oxygen atoms in total. The molecule has 6 rings (SSSR count). The Hall–Kier alpha value is -4.32. The van der Waals surface area contributed by atoms with Crippen molar-refractivity contribution in [2.45, 2.75) is 31.7 Å². The van der Waals surface area contributed by atoms with Gasteiger partial charge >= 0.3 is 6.18 Å². The third-order valence-electron chi connectivity index (χ3n) is 7.61. The number of nitrogens with zero attached hydrogens (tertiary/aromatic N) is 6. The standard InChI is InChI=1S/C29H28F3N7O2/c1-28(2,33)18-11-21(16-5-7-17(8-6-16)29(30,31)32)36-24(12-18)41-25-19-14-39(15-20(19)25)27(40)23-13-22(37-38(23)3)26-34-9-4-10-35-26/h4-13,19-20,25H,14-15,33H2,1-3H3. The summed E-state index contributed by atoms with van der Waals surface area (Å²) >= 11 is 0. The number of aromatic nitrogens is 5. The van der Waals surface area contributed by atoms with E-state index in [1.54, 1.807) is 53.3 Å². The van der Waals surface area contributed by atoms with Gasteiger partial charge in [-0.15, -0.1) is 0 Å². The van der Waals surface area contributed by atoms with Crippen molar-refractivity contribution in [1.29, 1.82) is 0 Å². The Labute approximate surface area is 234 Å². The topological polar surface area (TPSA) is 112 Å². The van der Waals surface area contributed by atoms with Crippen LogP contribution in [0.15, 0.2) is 60.9 Å². The predicted octanol–water partition coefficient (Wildman–Crippen LogP) is 4.30. The molecular formula is C29H28F3N7O2. The number of hydrogen-bond acceptors (Lipinski definition) is 7. The molecular weight excluding hydrogens is 535 g/mol. The van der Waals surface area contributed by atoms with Gasteiger partial charge in [0.05, 0.1) is 11.3 Å². The van der Waals surface area contributed by atoms with Gasteiger partial charge in [-0.05, 0) is 43.7 Å². The number of rotatable bonds is 6. The highest BCUT2D eigenvalue weighted by atomic mass is 19.4. The molecule has 2 atom stereocenters. The quantitative estimate of drug-likeness (QED) is 0.372. The van der Waals surface area contributed by atoms with Crippen LogP contribution in [0.3, 0.4) is 0 Å². The number of halogens is 3. The van der Waals surface area contributed by atoms with Gasteiger partial charge in [-0.1, -0.05) is 12.1 Å². The molecule has 0 spiro atoms. The third-order valence-corrected chi connectivity index (χ3v) is 7.61. The number of carbonyl (C=O) groups is 1. The van der Waals surface area contributed by atoms with Gasteiger partial charge < -0.3 is 15.4 Å². The van der Waals surface area contributed by atoms with Gasteiger partial charge in [-0.25, -0.2) is 15.0 Å². The molecule has 1 aromatic carbocycles. The minimum absolute atomic E-state index is 0.122. The molecule has 4 heterocycles. The van der Waals surface area contributed by atoms with Crippen LogP contribution in [0.25, 0.3) is 22.8 Å². The second-order valence-corrected chi connectivity index (χ2v) is 11.1. The van der Waals surface area contributed by atoms with Gasteiger partial charge in [0.15, 0.2) is 5.82 Å². The first-order chi connectivity index (χ1) is 19.4. The molecule has 1 aliphatic carbocycles. The van der Waals surface area contributed by atoms with E-state index < -0.39 is 17.3 Å². The van der Waals surface area contributed by atoms with Crippen LogP contribution in [-0.4, -0.2) is 54.7 Å². The van der Waals surface area contributed by atoms with Crippen molar-refractivity contribution in [3.8, 4) is 28.7 Å². The zero-order valence-corrected chi connectivity index (χ0v) is 22.6. The molecule has 2 aliphatic rings. The number of pyridine rings is 1. The lowest BCUT2D eigenvalue weighted by molar-refractivity contribution is -0.137. The van der Waals surface area contributed by atoms with Crippen molar-refractivity contribution in [1.82, 2.24) is 29.6 Å². The number of aryl methyl sites for hydroxylation is 1. The van der Waals surface area contributed by atoms with E-state index >= 15 is 0 Å². The summed E-state index contributed by atoms with van der Waals surface area (Å²) in [5, 5.41) is 4.40. The summed E-state index contributed by atoms with van der Waals surface area (Å²) in [6.45, 7) is 4.74. The Morgan fingerprint density at radius 2 is 1.63 bits per heavy atom. The number of fused-ring (bicyclic) bond motifs is 1. The van der Waals surface area contributed by atoms with Crippen molar-refractivity contribution in [2.75, 3.05) is 13.1 Å². The highest BCUT2D eigenvalue weighted by molar-refractivity contribution is 5.94. The molecule has 3 aromatic heterocycles. The summed E-state index contributed by atoms with van der Waals surface area (Å²) in [5.74, 6) is 0.978. The second kappa shape index (κ2) is 9.65. The Balaban J connectivity index is 1.16. The van der Waals surface area contributed by atoms with Crippen molar-refractivity contribution in [3.05, 3.63) is 77.7 Å². The average Bonchev–Trinajstić information content (AvgIpc) is 3.25. The van der Waals surface area contributed by atoms with Gasteiger partial charge in [-0.3, -0.25) is 9.48 Å². The Morgan fingerprint density at radius 3 is 2.24 bits per heavy atom. The number of likely N-dealkylation sites (tertiary alicyclic amines) is 1. The molecule has 2 unspecified atom stereocenters. The molecule has 1 amide bonds. The highest BCUT2D eigenvalue weighted by Crippen LogP contribution is 2.48. The molecule has 1 saturated heterocycles. The fraction of sp³-hybridized carbons (Fsp3) is 0.345. The van der Waals surface area contributed by atoms with E-state index in [0.29, 0.717) is 47.4 Å². The monoisotopic (exact) mass is 563 g/mol. The smallest absolute Gasteiger partial charge is 0.416 e. The molecule has 0 radical (unpaired) electrons. The van der Waals surface area contributed by atoms with E-state index in [1.807, 2.05) is 13.8 Å². The van der Waals surface area contributed by atoms with Gasteiger partial charge in [0.25, 0.3) is 5.91 Å². The maximum atomic E-state index is 13.3. The number of alkyl halides is 3. The number of ether oxygens (including phenoxy) is 1. The maximum Gasteiger partial charge on any atom is 0.416 e. The van der Waals surface area contributed by atoms with E-state index in [2.05, 4.69) is 20.1 Å². The molecule has 0 bridgehead atoms. The number of hydrogen-bond donors (Lipinski definition) is 1. The first-order valence-electron chi connectivity index (χ1n) is 13.1. The number of nitrogens with two attached hydrogens (primary N) is 1. The van der Waals surface area contributed by atoms with E-state index in [9.17, 15) is 18.0 Å². The van der Waals surface area contributed by atoms with E-state index in [1.165, 1.54) is 12.1 Å². The fourth-order valence-electron chi connectivity index (χ4n) is 5.24. The molecule has 12 heteroatoms. The lowest BCUT2D eigenvalue weighted by Gasteiger charge is -2.22. The Morgan fingerprint density at radius 1 is 0.976 bits per heavy atom. The van der Waals surface area contributed by atoms with Crippen molar-refractivity contribution in [2.24, 2.45) is 24.6 Å². The highest BCUT2D eigenvalue weighted by Gasteiger charge is 2.59. The Bertz CT molecular complexity index is 1590. The van der Waals surface area contributed by atoms with Crippen molar-refractivity contribution >= 4 is 5.91 Å². The number of amides is 1. The zero-order valence-electron chi connectivity index (χ0n) is 22.6. The first-order valence-corrected chi connectivity index (χ1v) is 13.1. The second-order valence-electron chi connectivity index (χ2n) is 11.1.